The summed E-state index contributed by atoms with van der Waals surface area (Å²) in [6, 6.07) is 15.9. The Labute approximate surface area is 165 Å². The molecule has 25 heavy (non-hydrogen) atoms. The van der Waals surface area contributed by atoms with Gasteiger partial charge in [-0.1, -0.05) is 53.6 Å². The number of hydrogen-bond donors (Lipinski definition) is 0. The predicted molar refractivity (Wildman–Crippen MR) is 118 cm³/mol. The van der Waals surface area contributed by atoms with Crippen molar-refractivity contribution in [2.24, 2.45) is 0 Å². The molecule has 3 aromatic carbocycles. The molecule has 1 heteroatoms. The summed E-state index contributed by atoms with van der Waals surface area (Å²) >= 11 is 2.53. The van der Waals surface area contributed by atoms with E-state index in [0.29, 0.717) is 0 Å². The first-order valence-corrected chi connectivity index (χ1v) is 9.82. The van der Waals surface area contributed by atoms with E-state index in [2.05, 4.69) is 107 Å². The Morgan fingerprint density at radius 2 is 0.880 bits per heavy atom. The van der Waals surface area contributed by atoms with Gasteiger partial charge in [-0.15, -0.1) is 0 Å². The van der Waals surface area contributed by atoms with Gasteiger partial charge in [-0.25, -0.2) is 0 Å². The van der Waals surface area contributed by atoms with E-state index in [1.54, 1.807) is 0 Å². The minimum Gasteiger partial charge on any atom is -0.0610 e. The summed E-state index contributed by atoms with van der Waals surface area (Å²) in [5.74, 6) is 0. The number of aryl methyl sites for hydroxylation is 6. The van der Waals surface area contributed by atoms with Crippen LogP contribution in [0, 0.1) is 45.1 Å². The van der Waals surface area contributed by atoms with Crippen molar-refractivity contribution < 1.29 is 0 Å². The lowest BCUT2D eigenvalue weighted by Gasteiger charge is -2.18. The molecule has 0 saturated carbocycles. The van der Waals surface area contributed by atoms with Crippen LogP contribution in [0.15, 0.2) is 42.5 Å². The van der Waals surface area contributed by atoms with E-state index in [-0.39, 0.29) is 0 Å². The third kappa shape index (κ3) is 3.39. The van der Waals surface area contributed by atoms with E-state index < -0.39 is 0 Å². The third-order valence-electron chi connectivity index (χ3n) is 4.89. The molecular formula is C24H25I. The maximum atomic E-state index is 2.53. The number of hydrogen-bond acceptors (Lipinski definition) is 0. The zero-order valence-corrected chi connectivity index (χ0v) is 18.1. The van der Waals surface area contributed by atoms with Gasteiger partial charge in [-0.05, 0) is 109 Å². The molecule has 0 aromatic heterocycles. The zero-order chi connectivity index (χ0) is 18.3. The van der Waals surface area contributed by atoms with Crippen LogP contribution in [0.25, 0.3) is 22.3 Å². The van der Waals surface area contributed by atoms with E-state index in [0.717, 1.165) is 0 Å². The molecule has 0 bridgehead atoms. The second kappa shape index (κ2) is 6.95. The lowest BCUT2D eigenvalue weighted by atomic mass is 9.89. The van der Waals surface area contributed by atoms with E-state index in [9.17, 15) is 0 Å². The molecule has 0 fully saturated rings. The smallest absolute Gasteiger partial charge is 0.0287 e. The van der Waals surface area contributed by atoms with Crippen LogP contribution in [0.3, 0.4) is 0 Å². The summed E-state index contributed by atoms with van der Waals surface area (Å²) < 4.78 is 1.34. The lowest BCUT2D eigenvalue weighted by Crippen LogP contribution is -1.97. The predicted octanol–water partition coefficient (Wildman–Crippen LogP) is 7.48. The fourth-order valence-corrected chi connectivity index (χ4v) is 5.03. The summed E-state index contributed by atoms with van der Waals surface area (Å²) in [4.78, 5) is 0. The molecule has 0 atom stereocenters. The highest BCUT2D eigenvalue weighted by atomic mass is 127. The second-order valence-electron chi connectivity index (χ2n) is 7.21. The van der Waals surface area contributed by atoms with Gasteiger partial charge < -0.3 is 0 Å². The molecule has 0 unspecified atom stereocenters. The molecule has 0 aliphatic rings. The Kier molecular flexibility index (Phi) is 5.06. The van der Waals surface area contributed by atoms with Crippen LogP contribution in [-0.4, -0.2) is 0 Å². The van der Waals surface area contributed by atoms with Crippen LogP contribution in [0.5, 0.6) is 0 Å². The fraction of sp³-hybridized carbons (Fsp3) is 0.250. The van der Waals surface area contributed by atoms with E-state index in [4.69, 9.17) is 0 Å². The molecule has 128 valence electrons. The van der Waals surface area contributed by atoms with Crippen LogP contribution in [-0.2, 0) is 0 Å². The molecule has 0 saturated heterocycles. The van der Waals surface area contributed by atoms with Crippen LogP contribution in [0.4, 0.5) is 0 Å². The van der Waals surface area contributed by atoms with Gasteiger partial charge in [0.2, 0.25) is 0 Å². The Bertz CT molecular complexity index is 842. The average molecular weight is 440 g/mol. The highest BCUT2D eigenvalue weighted by Crippen LogP contribution is 2.39. The highest BCUT2D eigenvalue weighted by molar-refractivity contribution is 14.1. The van der Waals surface area contributed by atoms with Gasteiger partial charge in [0.1, 0.15) is 0 Å². The van der Waals surface area contributed by atoms with Crippen LogP contribution >= 0.6 is 22.6 Å². The molecule has 0 aliphatic carbocycles. The third-order valence-corrected chi connectivity index (χ3v) is 6.05. The Morgan fingerprint density at radius 1 is 0.560 bits per heavy atom. The molecule has 0 radical (unpaired) electrons. The molecule has 3 aromatic rings. The van der Waals surface area contributed by atoms with Gasteiger partial charge in [-0.2, -0.15) is 0 Å². The van der Waals surface area contributed by atoms with Crippen LogP contribution < -0.4 is 0 Å². The molecule has 0 spiro atoms. The van der Waals surface area contributed by atoms with Crippen molar-refractivity contribution >= 4 is 22.6 Å². The quantitative estimate of drug-likeness (QED) is 0.363. The summed E-state index contributed by atoms with van der Waals surface area (Å²) in [5, 5.41) is 0. The van der Waals surface area contributed by atoms with Crippen molar-refractivity contribution in [2.75, 3.05) is 0 Å². The molecular weight excluding hydrogens is 415 g/mol. The second-order valence-corrected chi connectivity index (χ2v) is 8.29. The van der Waals surface area contributed by atoms with E-state index >= 15 is 0 Å². The Morgan fingerprint density at radius 3 is 1.20 bits per heavy atom. The van der Waals surface area contributed by atoms with Gasteiger partial charge in [0.25, 0.3) is 0 Å². The molecule has 0 nitrogen and oxygen atoms in total. The van der Waals surface area contributed by atoms with E-state index in [1.165, 1.54) is 59.2 Å². The summed E-state index contributed by atoms with van der Waals surface area (Å²) in [7, 11) is 0. The highest BCUT2D eigenvalue weighted by Gasteiger charge is 2.16. The van der Waals surface area contributed by atoms with Crippen LogP contribution in [0.2, 0.25) is 0 Å². The number of benzene rings is 3. The number of halogens is 1. The molecule has 0 aliphatic heterocycles. The minimum atomic E-state index is 1.33. The largest absolute Gasteiger partial charge is 0.0610 e. The Balaban J connectivity index is 2.28. The summed E-state index contributed by atoms with van der Waals surface area (Å²) in [6.07, 6.45) is 0. The van der Waals surface area contributed by atoms with Gasteiger partial charge in [0.15, 0.2) is 0 Å². The monoisotopic (exact) mass is 440 g/mol. The van der Waals surface area contributed by atoms with Gasteiger partial charge >= 0.3 is 0 Å². The van der Waals surface area contributed by atoms with Crippen molar-refractivity contribution in [1.82, 2.24) is 0 Å². The molecule has 0 amide bonds. The minimum absolute atomic E-state index is 1.33. The average Bonchev–Trinajstić information content (AvgIpc) is 2.48. The van der Waals surface area contributed by atoms with Crippen molar-refractivity contribution in [1.29, 1.82) is 0 Å². The van der Waals surface area contributed by atoms with E-state index in [1.807, 2.05) is 0 Å². The van der Waals surface area contributed by atoms with Gasteiger partial charge in [0, 0.05) is 3.57 Å². The summed E-state index contributed by atoms with van der Waals surface area (Å²) in [5.41, 5.74) is 13.5. The molecule has 0 N–H and O–H groups in total. The molecule has 3 rings (SSSR count). The van der Waals surface area contributed by atoms with Gasteiger partial charge in [-0.3, -0.25) is 0 Å². The standard InChI is InChI=1S/C24H25I/c1-14-10-16(3)22(17(4)11-14)20-8-7-9-21(24(20)25)23-18(5)12-15(2)13-19(23)6/h7-13H,1-6H3. The van der Waals surface area contributed by atoms with Crippen molar-refractivity contribution in [3.8, 4) is 22.3 Å². The Hall–Kier alpha value is -1.61. The first-order valence-electron chi connectivity index (χ1n) is 8.74. The first kappa shape index (κ1) is 18.2. The topological polar surface area (TPSA) is 0 Å². The first-order chi connectivity index (χ1) is 11.8. The van der Waals surface area contributed by atoms with Gasteiger partial charge in [0.05, 0.1) is 0 Å². The van der Waals surface area contributed by atoms with Crippen LogP contribution in [0.1, 0.15) is 33.4 Å². The maximum absolute atomic E-state index is 2.53. The van der Waals surface area contributed by atoms with Crippen molar-refractivity contribution in [3.63, 3.8) is 0 Å². The molecule has 0 heterocycles. The zero-order valence-electron chi connectivity index (χ0n) is 15.9. The maximum Gasteiger partial charge on any atom is 0.0287 e. The summed E-state index contributed by atoms with van der Waals surface area (Å²) in [6.45, 7) is 13.2. The number of rotatable bonds is 2. The normalized spacial score (nSPS) is 11.0. The van der Waals surface area contributed by atoms with Crippen molar-refractivity contribution in [2.45, 2.75) is 41.5 Å². The SMILES string of the molecule is Cc1cc(C)c(-c2cccc(-c3c(C)cc(C)cc3C)c2I)c(C)c1. The lowest BCUT2D eigenvalue weighted by molar-refractivity contribution is 1.30. The fourth-order valence-electron chi connectivity index (χ4n) is 4.13. The van der Waals surface area contributed by atoms with Crippen molar-refractivity contribution in [3.05, 3.63) is 79.4 Å².